The molecule has 0 aliphatic rings. The Morgan fingerprint density at radius 1 is 1.32 bits per heavy atom. The molecule has 0 atom stereocenters. The number of carbonyl (C=O) groups excluding carboxylic acids is 1. The van der Waals surface area contributed by atoms with E-state index in [2.05, 4.69) is 9.84 Å². The minimum Gasteiger partial charge on any atom is -0.490 e. The molecule has 0 bridgehead atoms. The van der Waals surface area contributed by atoms with Crippen LogP contribution in [0.4, 0.5) is 8.78 Å². The van der Waals surface area contributed by atoms with E-state index in [1.165, 1.54) is 12.1 Å². The number of benzene rings is 1. The van der Waals surface area contributed by atoms with Gasteiger partial charge in [0.05, 0.1) is 17.9 Å². The van der Waals surface area contributed by atoms with E-state index in [1.807, 2.05) is 6.92 Å². The van der Waals surface area contributed by atoms with Gasteiger partial charge >= 0.3 is 6.61 Å². The summed E-state index contributed by atoms with van der Waals surface area (Å²) in [4.78, 5) is 12.4. The maximum atomic E-state index is 12.4. The zero-order valence-corrected chi connectivity index (χ0v) is 14.5. The van der Waals surface area contributed by atoms with E-state index in [0.29, 0.717) is 23.4 Å². The molecule has 0 radical (unpaired) electrons. The zero-order valence-electron chi connectivity index (χ0n) is 14.5. The summed E-state index contributed by atoms with van der Waals surface area (Å²) in [6.45, 7) is 2.72. The van der Waals surface area contributed by atoms with Crippen LogP contribution in [-0.2, 0) is 7.05 Å². The number of nitrogens with zero attached hydrogens (tertiary/aromatic N) is 2. The smallest absolute Gasteiger partial charge is 0.387 e. The lowest BCUT2D eigenvalue weighted by atomic mass is 10.1. The molecule has 1 aromatic carbocycles. The second kappa shape index (κ2) is 7.92. The first kappa shape index (κ1) is 18.6. The Morgan fingerprint density at radius 3 is 2.60 bits per heavy atom. The highest BCUT2D eigenvalue weighted by Crippen LogP contribution is 2.30. The SMILES string of the molecule is CCOc1cc(/C=C/C(=O)c2c(C)nn(C)c2C)ccc1OC(F)F. The minimum atomic E-state index is -2.93. The van der Waals surface area contributed by atoms with Gasteiger partial charge in [-0.1, -0.05) is 12.1 Å². The van der Waals surface area contributed by atoms with Crippen molar-refractivity contribution in [2.75, 3.05) is 6.61 Å². The number of carbonyl (C=O) groups is 1. The molecule has 7 heteroatoms. The quantitative estimate of drug-likeness (QED) is 0.561. The van der Waals surface area contributed by atoms with Gasteiger partial charge < -0.3 is 9.47 Å². The molecule has 0 aliphatic carbocycles. The van der Waals surface area contributed by atoms with Crippen molar-refractivity contribution >= 4 is 11.9 Å². The Bertz CT molecular complexity index is 798. The molecule has 0 N–H and O–H groups in total. The van der Waals surface area contributed by atoms with Crippen molar-refractivity contribution in [2.45, 2.75) is 27.4 Å². The largest absolute Gasteiger partial charge is 0.490 e. The number of hydrogen-bond donors (Lipinski definition) is 0. The third-order valence-electron chi connectivity index (χ3n) is 3.67. The number of aromatic nitrogens is 2. The van der Waals surface area contributed by atoms with Crippen LogP contribution >= 0.6 is 0 Å². The van der Waals surface area contributed by atoms with Crippen molar-refractivity contribution in [3.63, 3.8) is 0 Å². The Hall–Kier alpha value is -2.70. The summed E-state index contributed by atoms with van der Waals surface area (Å²) in [5.41, 5.74) is 2.63. The van der Waals surface area contributed by atoms with E-state index in [9.17, 15) is 13.6 Å². The van der Waals surface area contributed by atoms with Crippen LogP contribution < -0.4 is 9.47 Å². The van der Waals surface area contributed by atoms with Gasteiger partial charge in [0.15, 0.2) is 17.3 Å². The summed E-state index contributed by atoms with van der Waals surface area (Å²) in [7, 11) is 1.78. The van der Waals surface area contributed by atoms with Crippen LogP contribution in [0.25, 0.3) is 6.08 Å². The molecule has 0 saturated heterocycles. The standard InChI is InChI=1S/C18H20F2N2O3/c1-5-24-16-10-13(7-9-15(16)25-18(19)20)6-8-14(23)17-11(2)21-22(4)12(17)3/h6-10,18H,5H2,1-4H3/b8-6+. The second-order valence-electron chi connectivity index (χ2n) is 5.38. The average Bonchev–Trinajstić information content (AvgIpc) is 2.79. The summed E-state index contributed by atoms with van der Waals surface area (Å²) in [5, 5.41) is 4.22. The fourth-order valence-corrected chi connectivity index (χ4v) is 2.48. The number of halogens is 2. The molecule has 0 spiro atoms. The van der Waals surface area contributed by atoms with E-state index in [4.69, 9.17) is 4.74 Å². The van der Waals surface area contributed by atoms with Gasteiger partial charge in [0.1, 0.15) is 0 Å². The number of aryl methyl sites for hydroxylation is 2. The third-order valence-corrected chi connectivity index (χ3v) is 3.67. The molecule has 134 valence electrons. The zero-order chi connectivity index (χ0) is 18.6. The molecule has 2 aromatic rings. The lowest BCUT2D eigenvalue weighted by molar-refractivity contribution is -0.0514. The molecule has 0 unspecified atom stereocenters. The summed E-state index contributed by atoms with van der Waals surface area (Å²) in [6.07, 6.45) is 3.03. The fourth-order valence-electron chi connectivity index (χ4n) is 2.48. The van der Waals surface area contributed by atoms with Crippen LogP contribution in [-0.4, -0.2) is 28.8 Å². The Morgan fingerprint density at radius 2 is 2.04 bits per heavy atom. The first-order chi connectivity index (χ1) is 11.8. The second-order valence-corrected chi connectivity index (χ2v) is 5.38. The highest BCUT2D eigenvalue weighted by molar-refractivity contribution is 6.08. The Kier molecular flexibility index (Phi) is 5.90. The molecule has 1 heterocycles. The monoisotopic (exact) mass is 350 g/mol. The fraction of sp³-hybridized carbons (Fsp3) is 0.333. The summed E-state index contributed by atoms with van der Waals surface area (Å²) >= 11 is 0. The number of rotatable bonds is 7. The van der Waals surface area contributed by atoms with Gasteiger partial charge in [-0.2, -0.15) is 13.9 Å². The number of allylic oxidation sites excluding steroid dienone is 1. The molecule has 5 nitrogen and oxygen atoms in total. The van der Waals surface area contributed by atoms with Crippen LogP contribution in [0.3, 0.4) is 0 Å². The number of ether oxygens (including phenoxy) is 2. The number of hydrogen-bond acceptors (Lipinski definition) is 4. The molecule has 25 heavy (non-hydrogen) atoms. The van der Waals surface area contributed by atoms with Gasteiger partial charge in [0.2, 0.25) is 0 Å². The van der Waals surface area contributed by atoms with Crippen molar-refractivity contribution in [1.29, 1.82) is 0 Å². The molecule has 1 aromatic heterocycles. The Labute approximate surface area is 144 Å². The third kappa shape index (κ3) is 4.43. The molecule has 0 saturated carbocycles. The summed E-state index contributed by atoms with van der Waals surface area (Å²) in [6, 6.07) is 4.52. The van der Waals surface area contributed by atoms with Gasteiger partial charge in [0, 0.05) is 12.7 Å². The maximum Gasteiger partial charge on any atom is 0.387 e. The molecule has 2 rings (SSSR count). The van der Waals surface area contributed by atoms with Crippen LogP contribution in [0, 0.1) is 13.8 Å². The number of alkyl halides is 2. The van der Waals surface area contributed by atoms with E-state index >= 15 is 0 Å². The molecular weight excluding hydrogens is 330 g/mol. The van der Waals surface area contributed by atoms with E-state index in [-0.39, 0.29) is 17.3 Å². The summed E-state index contributed by atoms with van der Waals surface area (Å²) in [5.74, 6) is -0.0145. The van der Waals surface area contributed by atoms with Crippen LogP contribution in [0.2, 0.25) is 0 Å². The van der Waals surface area contributed by atoms with Crippen LogP contribution in [0.15, 0.2) is 24.3 Å². The van der Waals surface area contributed by atoms with Crippen molar-refractivity contribution in [2.24, 2.45) is 7.05 Å². The van der Waals surface area contributed by atoms with Crippen LogP contribution in [0.5, 0.6) is 11.5 Å². The van der Waals surface area contributed by atoms with Crippen molar-refractivity contribution in [1.82, 2.24) is 9.78 Å². The summed E-state index contributed by atoms with van der Waals surface area (Å²) < 4.78 is 36.2. The molecule has 0 amide bonds. The van der Waals surface area contributed by atoms with Gasteiger partial charge in [-0.3, -0.25) is 9.48 Å². The first-order valence-corrected chi connectivity index (χ1v) is 7.77. The highest BCUT2D eigenvalue weighted by Gasteiger charge is 2.15. The minimum absolute atomic E-state index is 0.0423. The average molecular weight is 350 g/mol. The lowest BCUT2D eigenvalue weighted by Gasteiger charge is -2.11. The maximum absolute atomic E-state index is 12.4. The van der Waals surface area contributed by atoms with Crippen molar-refractivity contribution < 1.29 is 23.0 Å². The van der Waals surface area contributed by atoms with E-state index in [1.54, 1.807) is 43.8 Å². The van der Waals surface area contributed by atoms with E-state index < -0.39 is 6.61 Å². The molecule has 0 aliphatic heterocycles. The molecule has 0 fully saturated rings. The predicted octanol–water partition coefficient (Wildman–Crippen LogP) is 3.93. The molecular formula is C18H20F2N2O3. The first-order valence-electron chi connectivity index (χ1n) is 7.77. The van der Waals surface area contributed by atoms with Gasteiger partial charge in [-0.25, -0.2) is 0 Å². The number of ketones is 1. The lowest BCUT2D eigenvalue weighted by Crippen LogP contribution is -2.04. The topological polar surface area (TPSA) is 53.3 Å². The van der Waals surface area contributed by atoms with E-state index in [0.717, 1.165) is 5.69 Å². The van der Waals surface area contributed by atoms with Gasteiger partial charge in [-0.15, -0.1) is 0 Å². The predicted molar refractivity (Wildman–Crippen MR) is 90.3 cm³/mol. The highest BCUT2D eigenvalue weighted by atomic mass is 19.3. The van der Waals surface area contributed by atoms with Gasteiger partial charge in [-0.05, 0) is 44.5 Å². The van der Waals surface area contributed by atoms with Crippen molar-refractivity contribution in [3.05, 3.63) is 46.8 Å². The van der Waals surface area contributed by atoms with Crippen LogP contribution in [0.1, 0.15) is 34.2 Å². The van der Waals surface area contributed by atoms with Crippen molar-refractivity contribution in [3.8, 4) is 11.5 Å². The van der Waals surface area contributed by atoms with Gasteiger partial charge in [0.25, 0.3) is 0 Å². The normalized spacial score (nSPS) is 11.3. The Balaban J connectivity index is 2.25.